The summed E-state index contributed by atoms with van der Waals surface area (Å²) in [6, 6.07) is 7.47. The Balaban J connectivity index is 1.64. The number of para-hydroxylation sites is 1. The molecule has 0 unspecified atom stereocenters. The third-order valence-electron chi connectivity index (χ3n) is 5.34. The second-order valence-electron chi connectivity index (χ2n) is 6.92. The van der Waals surface area contributed by atoms with E-state index in [1.165, 1.54) is 6.42 Å². The summed E-state index contributed by atoms with van der Waals surface area (Å²) >= 11 is 3.41. The Labute approximate surface area is 151 Å². The first-order valence-electron chi connectivity index (χ1n) is 8.53. The van der Waals surface area contributed by atoms with Gasteiger partial charge in [0.05, 0.1) is 17.6 Å². The number of halogens is 1. The average molecular weight is 394 g/mol. The largest absolute Gasteiger partial charge is 0.336 e. The monoisotopic (exact) mass is 393 g/mol. The molecule has 2 fully saturated rings. The molecule has 1 saturated heterocycles. The van der Waals surface area contributed by atoms with Gasteiger partial charge in [0.2, 0.25) is 11.8 Å². The number of nitrogens with zero attached hydrogens (tertiary/aromatic N) is 1. The molecule has 1 saturated carbocycles. The number of anilines is 1. The first-order valence-corrected chi connectivity index (χ1v) is 9.33. The second-order valence-corrected chi connectivity index (χ2v) is 7.77. The van der Waals surface area contributed by atoms with Crippen LogP contribution in [0.15, 0.2) is 28.7 Å². The number of fused-ring (bicyclic) bond motifs is 1. The Hall–Kier alpha value is -1.40. The lowest BCUT2D eigenvalue weighted by Crippen LogP contribution is -2.50. The van der Waals surface area contributed by atoms with Gasteiger partial charge in [-0.3, -0.25) is 9.59 Å². The zero-order chi connectivity index (χ0) is 17.2. The highest BCUT2D eigenvalue weighted by Gasteiger charge is 2.50. The summed E-state index contributed by atoms with van der Waals surface area (Å²) in [5, 5.41) is 6.25. The van der Waals surface area contributed by atoms with Gasteiger partial charge in [-0.15, -0.1) is 0 Å². The predicted octanol–water partition coefficient (Wildman–Crippen LogP) is 2.63. The van der Waals surface area contributed by atoms with Crippen molar-refractivity contribution in [3.05, 3.63) is 28.7 Å². The fourth-order valence-electron chi connectivity index (χ4n) is 4.09. The molecule has 24 heavy (non-hydrogen) atoms. The molecule has 2 aliphatic rings. The van der Waals surface area contributed by atoms with E-state index in [0.717, 1.165) is 42.5 Å². The lowest BCUT2D eigenvalue weighted by molar-refractivity contribution is -0.145. The summed E-state index contributed by atoms with van der Waals surface area (Å²) in [7, 11) is 1.74. The highest BCUT2D eigenvalue weighted by Crippen LogP contribution is 2.44. The maximum Gasteiger partial charge on any atom is 0.244 e. The molecule has 1 aliphatic heterocycles. The minimum atomic E-state index is -0.305. The molecular weight excluding hydrogens is 370 g/mol. The van der Waals surface area contributed by atoms with Crippen LogP contribution in [-0.4, -0.2) is 43.4 Å². The molecule has 2 atom stereocenters. The summed E-state index contributed by atoms with van der Waals surface area (Å²) < 4.78 is 0.832. The fraction of sp³-hybridized carbons (Fsp3) is 0.556. The van der Waals surface area contributed by atoms with Crippen LogP contribution < -0.4 is 10.6 Å². The van der Waals surface area contributed by atoms with Crippen LogP contribution in [0.2, 0.25) is 0 Å². The van der Waals surface area contributed by atoms with E-state index in [0.29, 0.717) is 5.92 Å². The van der Waals surface area contributed by atoms with Crippen LogP contribution in [0.5, 0.6) is 0 Å². The average Bonchev–Trinajstić information content (AvgIpc) is 3.01. The van der Waals surface area contributed by atoms with Crippen LogP contribution in [0.1, 0.15) is 25.7 Å². The van der Waals surface area contributed by atoms with Crippen LogP contribution in [0, 0.1) is 11.3 Å². The van der Waals surface area contributed by atoms with Gasteiger partial charge in [-0.05, 0) is 53.4 Å². The molecule has 1 aromatic rings. The van der Waals surface area contributed by atoms with Gasteiger partial charge in [0.15, 0.2) is 0 Å². The van der Waals surface area contributed by atoms with Gasteiger partial charge in [-0.25, -0.2) is 0 Å². The fourth-order valence-corrected chi connectivity index (χ4v) is 4.47. The molecule has 0 spiro atoms. The molecule has 5 nitrogen and oxygen atoms in total. The van der Waals surface area contributed by atoms with Gasteiger partial charge in [-0.1, -0.05) is 25.0 Å². The summed E-state index contributed by atoms with van der Waals surface area (Å²) in [5.74, 6) is 0.347. The standard InChI is InChI=1S/C18H24BrN3O2/c1-22(11-16(23)21-15-8-3-2-7-14(15)19)17(24)18-9-5-4-6-13(18)10-20-12-18/h2-3,7-8,13,20H,4-6,9-12H2,1H3,(H,21,23)/t13-,18+/m0/s1. The molecule has 130 valence electrons. The van der Waals surface area contributed by atoms with E-state index in [2.05, 4.69) is 26.6 Å². The number of likely N-dealkylation sites (N-methyl/N-ethyl adjacent to an activating group) is 1. The molecule has 0 aromatic heterocycles. The number of amides is 2. The Morgan fingerprint density at radius 1 is 1.38 bits per heavy atom. The Morgan fingerprint density at radius 2 is 2.17 bits per heavy atom. The van der Waals surface area contributed by atoms with Crippen molar-refractivity contribution in [2.45, 2.75) is 25.7 Å². The highest BCUT2D eigenvalue weighted by molar-refractivity contribution is 9.10. The zero-order valence-corrected chi connectivity index (χ0v) is 15.6. The van der Waals surface area contributed by atoms with Crippen molar-refractivity contribution >= 4 is 33.4 Å². The molecule has 0 radical (unpaired) electrons. The van der Waals surface area contributed by atoms with Gasteiger partial charge in [0.25, 0.3) is 0 Å². The molecule has 1 aromatic carbocycles. The van der Waals surface area contributed by atoms with E-state index < -0.39 is 0 Å². The smallest absolute Gasteiger partial charge is 0.244 e. The predicted molar refractivity (Wildman–Crippen MR) is 97.7 cm³/mol. The lowest BCUT2D eigenvalue weighted by Gasteiger charge is -2.39. The minimum Gasteiger partial charge on any atom is -0.336 e. The van der Waals surface area contributed by atoms with Gasteiger partial charge in [0.1, 0.15) is 0 Å². The van der Waals surface area contributed by atoms with Gasteiger partial charge < -0.3 is 15.5 Å². The molecular formula is C18H24BrN3O2. The Morgan fingerprint density at radius 3 is 2.96 bits per heavy atom. The van der Waals surface area contributed by atoms with Crippen molar-refractivity contribution in [2.24, 2.45) is 11.3 Å². The SMILES string of the molecule is CN(CC(=O)Nc1ccccc1Br)C(=O)[C@@]12CCCC[C@H]1CNC2. The molecule has 3 rings (SSSR count). The minimum absolute atomic E-state index is 0.0780. The van der Waals surface area contributed by atoms with E-state index in [4.69, 9.17) is 0 Å². The Bertz CT molecular complexity index is 636. The van der Waals surface area contributed by atoms with E-state index in [1.807, 2.05) is 24.3 Å². The Kier molecular flexibility index (Phi) is 5.25. The maximum atomic E-state index is 13.1. The lowest BCUT2D eigenvalue weighted by atomic mass is 9.67. The van der Waals surface area contributed by atoms with Crippen molar-refractivity contribution in [1.82, 2.24) is 10.2 Å². The number of nitrogens with one attached hydrogen (secondary N) is 2. The number of carbonyl (C=O) groups is 2. The summed E-state index contributed by atoms with van der Waals surface area (Å²) in [6.45, 7) is 1.74. The highest BCUT2D eigenvalue weighted by atomic mass is 79.9. The maximum absolute atomic E-state index is 13.1. The zero-order valence-electron chi connectivity index (χ0n) is 14.0. The third kappa shape index (κ3) is 3.35. The number of hydrogen-bond acceptors (Lipinski definition) is 3. The van der Waals surface area contributed by atoms with Gasteiger partial charge in [0, 0.05) is 18.1 Å². The van der Waals surface area contributed by atoms with E-state index >= 15 is 0 Å². The molecule has 0 bridgehead atoms. The number of rotatable bonds is 4. The molecule has 2 N–H and O–H groups in total. The first-order chi connectivity index (χ1) is 11.5. The molecule has 1 aliphatic carbocycles. The second kappa shape index (κ2) is 7.23. The summed E-state index contributed by atoms with van der Waals surface area (Å²) in [6.07, 6.45) is 4.34. The van der Waals surface area contributed by atoms with Crippen molar-refractivity contribution in [3.63, 3.8) is 0 Å². The van der Waals surface area contributed by atoms with Crippen LogP contribution in [0.3, 0.4) is 0 Å². The van der Waals surface area contributed by atoms with Crippen LogP contribution in [-0.2, 0) is 9.59 Å². The van der Waals surface area contributed by atoms with Crippen LogP contribution in [0.25, 0.3) is 0 Å². The van der Waals surface area contributed by atoms with Crippen LogP contribution >= 0.6 is 15.9 Å². The van der Waals surface area contributed by atoms with Crippen molar-refractivity contribution in [3.8, 4) is 0 Å². The van der Waals surface area contributed by atoms with Crippen molar-refractivity contribution in [2.75, 3.05) is 32.0 Å². The van der Waals surface area contributed by atoms with E-state index in [9.17, 15) is 9.59 Å². The van der Waals surface area contributed by atoms with E-state index in [1.54, 1.807) is 11.9 Å². The first kappa shape index (κ1) is 17.4. The number of hydrogen-bond donors (Lipinski definition) is 2. The molecule has 1 heterocycles. The van der Waals surface area contributed by atoms with Crippen molar-refractivity contribution in [1.29, 1.82) is 0 Å². The summed E-state index contributed by atoms with van der Waals surface area (Å²) in [4.78, 5) is 27.0. The van der Waals surface area contributed by atoms with Gasteiger partial charge in [-0.2, -0.15) is 0 Å². The third-order valence-corrected chi connectivity index (χ3v) is 6.03. The van der Waals surface area contributed by atoms with Crippen LogP contribution in [0.4, 0.5) is 5.69 Å². The van der Waals surface area contributed by atoms with E-state index in [-0.39, 0.29) is 23.8 Å². The topological polar surface area (TPSA) is 61.4 Å². The molecule has 2 amide bonds. The normalized spacial score (nSPS) is 25.8. The number of carbonyl (C=O) groups excluding carboxylic acids is 2. The van der Waals surface area contributed by atoms with Gasteiger partial charge >= 0.3 is 0 Å². The number of benzene rings is 1. The van der Waals surface area contributed by atoms with Crippen molar-refractivity contribution < 1.29 is 9.59 Å². The molecule has 6 heteroatoms. The summed E-state index contributed by atoms with van der Waals surface area (Å²) in [5.41, 5.74) is 0.417. The quantitative estimate of drug-likeness (QED) is 0.826.